The summed E-state index contributed by atoms with van der Waals surface area (Å²) in [5, 5.41) is 0. The van der Waals surface area contributed by atoms with E-state index in [1.807, 2.05) is 12.1 Å². The fourth-order valence-corrected chi connectivity index (χ4v) is 3.32. The molecule has 0 radical (unpaired) electrons. The van der Waals surface area contributed by atoms with E-state index in [0.717, 1.165) is 30.5 Å². The van der Waals surface area contributed by atoms with Crippen LogP contribution in [0.25, 0.3) is 0 Å². The number of anilines is 2. The van der Waals surface area contributed by atoms with Crippen LogP contribution in [0.2, 0.25) is 0 Å². The molecule has 0 heterocycles. The first-order valence-corrected chi connectivity index (χ1v) is 8.58. The van der Waals surface area contributed by atoms with Crippen molar-refractivity contribution in [2.75, 3.05) is 11.5 Å². The second kappa shape index (κ2) is 7.93. The minimum Gasteiger partial charge on any atom is -0.399 e. The van der Waals surface area contributed by atoms with Crippen molar-refractivity contribution in [2.24, 2.45) is 5.92 Å². The van der Waals surface area contributed by atoms with Crippen LogP contribution in [0, 0.1) is 32.1 Å². The summed E-state index contributed by atoms with van der Waals surface area (Å²) in [6, 6.07) is 12.5. The van der Waals surface area contributed by atoms with E-state index in [2.05, 4.69) is 51.0 Å². The molecular formula is C22H28N2. The largest absolute Gasteiger partial charge is 0.399 e. The van der Waals surface area contributed by atoms with Gasteiger partial charge in [0.05, 0.1) is 0 Å². The van der Waals surface area contributed by atoms with Gasteiger partial charge in [0.25, 0.3) is 0 Å². The van der Waals surface area contributed by atoms with E-state index in [-0.39, 0.29) is 5.92 Å². The van der Waals surface area contributed by atoms with Crippen LogP contribution in [-0.4, -0.2) is 0 Å². The lowest BCUT2D eigenvalue weighted by Gasteiger charge is -2.21. The molecule has 126 valence electrons. The minimum atomic E-state index is 0.228. The summed E-state index contributed by atoms with van der Waals surface area (Å²) in [7, 11) is 0. The summed E-state index contributed by atoms with van der Waals surface area (Å²) in [6.07, 6.45) is 8.60. The van der Waals surface area contributed by atoms with Crippen molar-refractivity contribution in [1.82, 2.24) is 0 Å². The van der Waals surface area contributed by atoms with Crippen LogP contribution in [-0.2, 0) is 6.42 Å². The molecule has 2 aromatic rings. The molecule has 0 aliphatic heterocycles. The maximum Gasteiger partial charge on any atom is 0.0370 e. The third-order valence-corrected chi connectivity index (χ3v) is 4.73. The number of hydrogen-bond donors (Lipinski definition) is 2. The summed E-state index contributed by atoms with van der Waals surface area (Å²) in [5.41, 5.74) is 18.8. The lowest BCUT2D eigenvalue weighted by atomic mass is 9.84. The van der Waals surface area contributed by atoms with Crippen molar-refractivity contribution in [2.45, 2.75) is 46.0 Å². The van der Waals surface area contributed by atoms with Gasteiger partial charge in [0.15, 0.2) is 0 Å². The Kier molecular flexibility index (Phi) is 5.93. The molecule has 2 heteroatoms. The quantitative estimate of drug-likeness (QED) is 0.591. The van der Waals surface area contributed by atoms with Crippen molar-refractivity contribution >= 4 is 11.4 Å². The molecule has 0 saturated carbocycles. The van der Waals surface area contributed by atoms with Crippen LogP contribution in [0.1, 0.15) is 47.9 Å². The Bertz CT molecular complexity index is 740. The van der Waals surface area contributed by atoms with Gasteiger partial charge in [-0.3, -0.25) is 0 Å². The van der Waals surface area contributed by atoms with Gasteiger partial charge in [-0.15, -0.1) is 12.3 Å². The summed E-state index contributed by atoms with van der Waals surface area (Å²) in [4.78, 5) is 0. The molecule has 2 nitrogen and oxygen atoms in total. The number of aryl methyl sites for hydroxylation is 3. The Morgan fingerprint density at radius 3 is 2.46 bits per heavy atom. The van der Waals surface area contributed by atoms with Crippen molar-refractivity contribution in [3.8, 4) is 12.3 Å². The average molecular weight is 320 g/mol. The van der Waals surface area contributed by atoms with Crippen LogP contribution in [0.5, 0.6) is 0 Å². The van der Waals surface area contributed by atoms with Crippen molar-refractivity contribution in [3.63, 3.8) is 0 Å². The van der Waals surface area contributed by atoms with Crippen molar-refractivity contribution < 1.29 is 0 Å². The highest BCUT2D eigenvalue weighted by Crippen LogP contribution is 2.33. The fraction of sp³-hybridized carbons (Fsp3) is 0.364. The average Bonchev–Trinajstić information content (AvgIpc) is 2.53. The third-order valence-electron chi connectivity index (χ3n) is 4.73. The highest BCUT2D eigenvalue weighted by Gasteiger charge is 2.17. The monoisotopic (exact) mass is 320 g/mol. The molecule has 0 spiro atoms. The summed E-state index contributed by atoms with van der Waals surface area (Å²) < 4.78 is 0. The molecule has 2 unspecified atom stereocenters. The normalized spacial score (nSPS) is 13.2. The fourth-order valence-electron chi connectivity index (χ4n) is 3.32. The molecular weight excluding hydrogens is 292 g/mol. The van der Waals surface area contributed by atoms with E-state index in [0.29, 0.717) is 11.6 Å². The molecule has 2 atom stereocenters. The highest BCUT2D eigenvalue weighted by atomic mass is 14.6. The zero-order valence-electron chi connectivity index (χ0n) is 15.0. The van der Waals surface area contributed by atoms with E-state index in [1.165, 1.54) is 16.7 Å². The Balaban J connectivity index is 2.21. The van der Waals surface area contributed by atoms with Crippen LogP contribution in [0.3, 0.4) is 0 Å². The predicted octanol–water partition coefficient (Wildman–Crippen LogP) is 4.84. The van der Waals surface area contributed by atoms with Gasteiger partial charge in [0.1, 0.15) is 0 Å². The lowest BCUT2D eigenvalue weighted by molar-refractivity contribution is 0.517. The smallest absolute Gasteiger partial charge is 0.0370 e. The maximum atomic E-state index is 6.23. The molecule has 0 aliphatic carbocycles. The predicted molar refractivity (Wildman–Crippen MR) is 105 cm³/mol. The van der Waals surface area contributed by atoms with E-state index in [9.17, 15) is 0 Å². The van der Waals surface area contributed by atoms with Gasteiger partial charge < -0.3 is 11.5 Å². The molecule has 0 aromatic heterocycles. The topological polar surface area (TPSA) is 52.0 Å². The summed E-state index contributed by atoms with van der Waals surface area (Å²) in [5.74, 6) is 3.42. The summed E-state index contributed by atoms with van der Waals surface area (Å²) >= 11 is 0. The van der Waals surface area contributed by atoms with Crippen LogP contribution < -0.4 is 11.5 Å². The maximum absolute atomic E-state index is 6.23. The Morgan fingerprint density at radius 2 is 1.83 bits per heavy atom. The van der Waals surface area contributed by atoms with Gasteiger partial charge in [0.2, 0.25) is 0 Å². The number of nitrogen functional groups attached to an aromatic ring is 2. The zero-order valence-corrected chi connectivity index (χ0v) is 15.0. The van der Waals surface area contributed by atoms with E-state index >= 15 is 0 Å². The van der Waals surface area contributed by atoms with Gasteiger partial charge in [-0.1, -0.05) is 36.8 Å². The number of rotatable bonds is 6. The lowest BCUT2D eigenvalue weighted by Crippen LogP contribution is -2.09. The van der Waals surface area contributed by atoms with Crippen molar-refractivity contribution in [3.05, 3.63) is 58.7 Å². The minimum absolute atomic E-state index is 0.228. The molecule has 4 N–H and O–H groups in total. The third kappa shape index (κ3) is 4.55. The molecule has 0 amide bonds. The second-order valence-electron chi connectivity index (χ2n) is 6.86. The number of nitrogens with two attached hydrogens (primary N) is 2. The van der Waals surface area contributed by atoms with E-state index in [4.69, 9.17) is 17.9 Å². The molecule has 0 saturated heterocycles. The highest BCUT2D eigenvalue weighted by molar-refractivity contribution is 5.58. The van der Waals surface area contributed by atoms with Gasteiger partial charge in [0, 0.05) is 17.3 Å². The first kappa shape index (κ1) is 17.9. The SMILES string of the molecule is C#CC(C)CC(CCc1ccc(C)cc1C)c1ccc(N)cc1N. The number of hydrogen-bond acceptors (Lipinski definition) is 2. The zero-order chi connectivity index (χ0) is 17.7. The van der Waals surface area contributed by atoms with Gasteiger partial charge >= 0.3 is 0 Å². The van der Waals surface area contributed by atoms with Crippen LogP contribution in [0.15, 0.2) is 36.4 Å². The standard InChI is InChI=1S/C22H28N2/c1-5-15(2)13-19(21-11-10-20(23)14-22(21)24)9-8-18-7-6-16(3)12-17(18)4/h1,6-7,10-12,14-15,19H,8-9,13,23-24H2,2-4H3. The number of terminal acetylenes is 1. The molecule has 2 rings (SSSR count). The van der Waals surface area contributed by atoms with Gasteiger partial charge in [-0.25, -0.2) is 0 Å². The number of benzene rings is 2. The molecule has 0 aliphatic rings. The second-order valence-corrected chi connectivity index (χ2v) is 6.86. The van der Waals surface area contributed by atoms with Crippen molar-refractivity contribution in [1.29, 1.82) is 0 Å². The molecule has 2 aromatic carbocycles. The van der Waals surface area contributed by atoms with Gasteiger partial charge in [-0.05, 0) is 67.9 Å². The van der Waals surface area contributed by atoms with E-state index in [1.54, 1.807) is 0 Å². The molecule has 0 fully saturated rings. The Morgan fingerprint density at radius 1 is 1.08 bits per heavy atom. The summed E-state index contributed by atoms with van der Waals surface area (Å²) in [6.45, 7) is 6.40. The molecule has 0 bridgehead atoms. The van der Waals surface area contributed by atoms with Gasteiger partial charge in [-0.2, -0.15) is 0 Å². The first-order valence-electron chi connectivity index (χ1n) is 8.58. The Labute approximate surface area is 146 Å². The molecule has 24 heavy (non-hydrogen) atoms. The van der Waals surface area contributed by atoms with E-state index < -0.39 is 0 Å². The van der Waals surface area contributed by atoms with Crippen LogP contribution >= 0.6 is 0 Å². The Hall–Kier alpha value is -2.40. The van der Waals surface area contributed by atoms with Crippen LogP contribution in [0.4, 0.5) is 11.4 Å². The first-order chi connectivity index (χ1) is 11.4.